The molecule has 2 aliphatic heterocycles. The third-order valence-corrected chi connectivity index (χ3v) is 5.81. The van der Waals surface area contributed by atoms with Gasteiger partial charge in [0.15, 0.2) is 0 Å². The topological polar surface area (TPSA) is 79.4 Å². The van der Waals surface area contributed by atoms with Crippen LogP contribution in [0.25, 0.3) is 11.0 Å². The van der Waals surface area contributed by atoms with Gasteiger partial charge in [-0.15, -0.1) is 10.2 Å². The zero-order valence-corrected chi connectivity index (χ0v) is 15.4. The summed E-state index contributed by atoms with van der Waals surface area (Å²) in [6.07, 6.45) is 11.5. The number of para-hydroxylation sites is 2. The van der Waals surface area contributed by atoms with Gasteiger partial charge in [0.05, 0.1) is 11.0 Å². The molecule has 28 heavy (non-hydrogen) atoms. The predicted octanol–water partition coefficient (Wildman–Crippen LogP) is 1.82. The van der Waals surface area contributed by atoms with Crippen LogP contribution < -0.4 is 15.2 Å². The van der Waals surface area contributed by atoms with Crippen LogP contribution in [0.4, 0.5) is 5.95 Å². The zero-order chi connectivity index (χ0) is 18.5. The van der Waals surface area contributed by atoms with Crippen LogP contribution in [0.1, 0.15) is 25.4 Å². The molecule has 0 spiro atoms. The molecule has 6 rings (SSSR count). The Hall–Kier alpha value is -3.36. The second kappa shape index (κ2) is 6.08. The molecule has 2 atom stereocenters. The number of guanidine groups is 1. The molecule has 2 aromatic heterocycles. The number of aromatic nitrogens is 5. The molecule has 0 saturated carbocycles. The molecular formula is C19H21N9. The molecule has 0 saturated heterocycles. The predicted molar refractivity (Wildman–Crippen MR) is 106 cm³/mol. The Bertz CT molecular complexity index is 1060. The standard InChI is InChI=1S/C19H21N9/c1-2-6-14(7-3-1)17-24-18-20-10-26(25-11-21-22-12-25)13-27(18)19-23-15-8-4-5-9-16(15)28(17)19/h1-2,4-5,8-9,11-12,14,17H,3,6-7,10,13H2,(H,20,24)/t14-,17-/m1/s1. The van der Waals surface area contributed by atoms with E-state index in [-0.39, 0.29) is 6.17 Å². The number of benzene rings is 1. The first-order valence-electron chi connectivity index (χ1n) is 9.69. The molecule has 0 amide bonds. The summed E-state index contributed by atoms with van der Waals surface area (Å²) in [5, 5.41) is 13.6. The van der Waals surface area contributed by atoms with Gasteiger partial charge >= 0.3 is 0 Å². The maximum atomic E-state index is 4.98. The molecule has 1 aliphatic carbocycles. The molecule has 4 heterocycles. The number of fused-ring (bicyclic) bond motifs is 5. The summed E-state index contributed by atoms with van der Waals surface area (Å²) >= 11 is 0. The van der Waals surface area contributed by atoms with Crippen LogP contribution in [-0.2, 0) is 0 Å². The van der Waals surface area contributed by atoms with Gasteiger partial charge in [-0.1, -0.05) is 24.3 Å². The van der Waals surface area contributed by atoms with E-state index in [9.17, 15) is 0 Å². The third-order valence-electron chi connectivity index (χ3n) is 5.81. The monoisotopic (exact) mass is 375 g/mol. The van der Waals surface area contributed by atoms with Crippen LogP contribution in [-0.4, -0.2) is 43.7 Å². The van der Waals surface area contributed by atoms with E-state index in [1.54, 1.807) is 12.7 Å². The molecule has 0 radical (unpaired) electrons. The first-order valence-corrected chi connectivity index (χ1v) is 9.69. The van der Waals surface area contributed by atoms with Crippen molar-refractivity contribution in [2.45, 2.75) is 25.4 Å². The van der Waals surface area contributed by atoms with E-state index >= 15 is 0 Å². The Kier molecular flexibility index (Phi) is 3.40. The Labute approximate surface area is 162 Å². The molecule has 0 fully saturated rings. The fourth-order valence-corrected chi connectivity index (χ4v) is 4.40. The van der Waals surface area contributed by atoms with E-state index in [1.807, 2.05) is 10.7 Å². The van der Waals surface area contributed by atoms with Gasteiger partial charge in [-0.2, -0.15) is 0 Å². The first-order chi connectivity index (χ1) is 13.9. The molecule has 1 N–H and O–H groups in total. The quantitative estimate of drug-likeness (QED) is 0.689. The summed E-state index contributed by atoms with van der Waals surface area (Å²) < 4.78 is 4.22. The Morgan fingerprint density at radius 3 is 2.82 bits per heavy atom. The maximum absolute atomic E-state index is 4.98. The number of rotatable bonds is 2. The fraction of sp³-hybridized carbons (Fsp3) is 0.368. The lowest BCUT2D eigenvalue weighted by atomic mass is 9.91. The lowest BCUT2D eigenvalue weighted by Gasteiger charge is -2.44. The van der Waals surface area contributed by atoms with E-state index in [0.717, 1.165) is 35.8 Å². The van der Waals surface area contributed by atoms with E-state index < -0.39 is 0 Å². The average molecular weight is 375 g/mol. The number of nitrogens with one attached hydrogen (secondary N) is 1. The summed E-state index contributed by atoms with van der Waals surface area (Å²) in [5.41, 5.74) is 2.17. The second-order valence-electron chi connectivity index (χ2n) is 7.45. The second-order valence-corrected chi connectivity index (χ2v) is 7.45. The van der Waals surface area contributed by atoms with Crippen molar-refractivity contribution < 1.29 is 0 Å². The van der Waals surface area contributed by atoms with Crippen molar-refractivity contribution in [3.05, 3.63) is 49.1 Å². The largest absolute Gasteiger partial charge is 0.335 e. The third kappa shape index (κ3) is 2.32. The number of anilines is 1. The summed E-state index contributed by atoms with van der Waals surface area (Å²) in [5.74, 6) is 2.35. The average Bonchev–Trinajstić information content (AvgIpc) is 3.42. The van der Waals surface area contributed by atoms with Crippen LogP contribution in [0, 0.1) is 5.92 Å². The first kappa shape index (κ1) is 15.7. The van der Waals surface area contributed by atoms with Crippen molar-refractivity contribution in [1.82, 2.24) is 29.7 Å². The number of imidazole rings is 1. The molecule has 0 bridgehead atoms. The number of hydrogen-bond donors (Lipinski definition) is 1. The van der Waals surface area contributed by atoms with Crippen LogP contribution in [0.15, 0.2) is 54.1 Å². The number of allylic oxidation sites excluding steroid dienone is 2. The minimum atomic E-state index is 0.156. The van der Waals surface area contributed by atoms with Crippen molar-refractivity contribution >= 4 is 22.9 Å². The molecule has 9 heteroatoms. The highest BCUT2D eigenvalue weighted by Gasteiger charge is 2.38. The molecule has 1 aromatic carbocycles. The SMILES string of the molecule is C1=CC[C@@H]([C@@H]2NC3=NCN(n4cnnc4)CN3c3nc4ccccc4n32)CC1. The highest BCUT2D eigenvalue weighted by Crippen LogP contribution is 2.37. The summed E-state index contributed by atoms with van der Waals surface area (Å²) in [4.78, 5) is 11.9. The van der Waals surface area contributed by atoms with Crippen LogP contribution in [0.5, 0.6) is 0 Å². The number of nitrogens with zero attached hydrogens (tertiary/aromatic N) is 8. The number of hydrogen-bond acceptors (Lipinski definition) is 7. The Balaban J connectivity index is 1.47. The van der Waals surface area contributed by atoms with Gasteiger partial charge in [0, 0.05) is 5.92 Å². The highest BCUT2D eigenvalue weighted by atomic mass is 15.7. The van der Waals surface area contributed by atoms with Gasteiger partial charge in [-0.3, -0.25) is 14.5 Å². The molecular weight excluding hydrogens is 354 g/mol. The normalized spacial score (nSPS) is 23.9. The van der Waals surface area contributed by atoms with Crippen LogP contribution >= 0.6 is 0 Å². The molecule has 9 nitrogen and oxygen atoms in total. The van der Waals surface area contributed by atoms with Crippen molar-refractivity contribution in [3.8, 4) is 0 Å². The van der Waals surface area contributed by atoms with Crippen LogP contribution in [0.2, 0.25) is 0 Å². The van der Waals surface area contributed by atoms with E-state index in [0.29, 0.717) is 19.3 Å². The van der Waals surface area contributed by atoms with Crippen molar-refractivity contribution in [3.63, 3.8) is 0 Å². The molecule has 0 unspecified atom stereocenters. The highest BCUT2D eigenvalue weighted by molar-refractivity contribution is 5.98. The molecule has 3 aliphatic rings. The molecule has 142 valence electrons. The van der Waals surface area contributed by atoms with Gasteiger partial charge < -0.3 is 5.32 Å². The Morgan fingerprint density at radius 2 is 1.96 bits per heavy atom. The minimum Gasteiger partial charge on any atom is -0.335 e. The summed E-state index contributed by atoms with van der Waals surface area (Å²) in [6, 6.07) is 8.36. The lowest BCUT2D eigenvalue weighted by molar-refractivity contribution is 0.282. The number of aliphatic imine (C=N–C) groups is 1. The van der Waals surface area contributed by atoms with Gasteiger partial charge in [0.1, 0.15) is 32.2 Å². The summed E-state index contributed by atoms with van der Waals surface area (Å²) in [6.45, 7) is 1.18. The fourth-order valence-electron chi connectivity index (χ4n) is 4.40. The van der Waals surface area contributed by atoms with Crippen molar-refractivity contribution in [2.75, 3.05) is 23.2 Å². The van der Waals surface area contributed by atoms with E-state index in [2.05, 4.69) is 60.3 Å². The van der Waals surface area contributed by atoms with Gasteiger partial charge in [-0.25, -0.2) is 14.7 Å². The van der Waals surface area contributed by atoms with Gasteiger partial charge in [0.2, 0.25) is 11.9 Å². The maximum Gasteiger partial charge on any atom is 0.216 e. The van der Waals surface area contributed by atoms with E-state index in [4.69, 9.17) is 9.98 Å². The van der Waals surface area contributed by atoms with Gasteiger partial charge in [-0.05, 0) is 31.4 Å². The Morgan fingerprint density at radius 1 is 1.07 bits per heavy atom. The summed E-state index contributed by atoms with van der Waals surface area (Å²) in [7, 11) is 0. The van der Waals surface area contributed by atoms with E-state index in [1.165, 1.54) is 6.42 Å². The lowest BCUT2D eigenvalue weighted by Crippen LogP contribution is -2.60. The molecule has 3 aromatic rings. The smallest absolute Gasteiger partial charge is 0.216 e. The minimum absolute atomic E-state index is 0.156. The van der Waals surface area contributed by atoms with Crippen molar-refractivity contribution in [2.24, 2.45) is 10.9 Å². The van der Waals surface area contributed by atoms with Crippen LogP contribution in [0.3, 0.4) is 0 Å². The van der Waals surface area contributed by atoms with Gasteiger partial charge in [0.25, 0.3) is 0 Å². The zero-order valence-electron chi connectivity index (χ0n) is 15.4. The van der Waals surface area contributed by atoms with Crippen molar-refractivity contribution in [1.29, 1.82) is 0 Å².